The van der Waals surface area contributed by atoms with Crippen molar-refractivity contribution in [1.82, 2.24) is 9.80 Å². The third kappa shape index (κ3) is 3.95. The highest BCUT2D eigenvalue weighted by Crippen LogP contribution is 2.21. The minimum atomic E-state index is 0.158. The van der Waals surface area contributed by atoms with Gasteiger partial charge in [0.15, 0.2) is 0 Å². The molecule has 1 aliphatic heterocycles. The largest absolute Gasteiger partial charge is 0.337 e. The average Bonchev–Trinajstić information content (AvgIpc) is 2.95. The van der Waals surface area contributed by atoms with Crippen molar-refractivity contribution < 1.29 is 4.79 Å². The Morgan fingerprint density at radius 1 is 0.893 bits per heavy atom. The molecule has 0 unspecified atom stereocenters. The van der Waals surface area contributed by atoms with Gasteiger partial charge in [-0.25, -0.2) is 0 Å². The number of carbonyl (C=O) groups is 1. The summed E-state index contributed by atoms with van der Waals surface area (Å²) < 4.78 is 0. The number of hydrogen-bond donors (Lipinski definition) is 0. The zero-order valence-electron chi connectivity index (χ0n) is 16.8. The van der Waals surface area contributed by atoms with Crippen LogP contribution in [0.2, 0.25) is 0 Å². The van der Waals surface area contributed by atoms with E-state index in [1.807, 2.05) is 35.2 Å². The summed E-state index contributed by atoms with van der Waals surface area (Å²) in [5, 5.41) is 2.17. The average molecular weight is 373 g/mol. The van der Waals surface area contributed by atoms with E-state index in [0.717, 1.165) is 55.5 Å². The molecule has 0 atom stereocenters. The van der Waals surface area contributed by atoms with Crippen LogP contribution in [-0.2, 0) is 6.54 Å². The SMILES string of the molecule is Cc1ccc(CN2CCCN(C(=O)c3cccc4ccccc34)CC2)c(C)c1. The number of nitrogens with zero attached hydrogens (tertiary/aromatic N) is 2. The lowest BCUT2D eigenvalue weighted by atomic mass is 10.0. The minimum Gasteiger partial charge on any atom is -0.337 e. The summed E-state index contributed by atoms with van der Waals surface area (Å²) in [6.07, 6.45) is 1.02. The topological polar surface area (TPSA) is 23.6 Å². The van der Waals surface area contributed by atoms with Crippen LogP contribution in [-0.4, -0.2) is 41.9 Å². The van der Waals surface area contributed by atoms with E-state index in [1.54, 1.807) is 0 Å². The predicted octanol–water partition coefficient (Wildman–Crippen LogP) is 4.80. The van der Waals surface area contributed by atoms with Crippen LogP contribution in [0.25, 0.3) is 10.8 Å². The van der Waals surface area contributed by atoms with Gasteiger partial charge in [-0.15, -0.1) is 0 Å². The molecule has 3 aromatic carbocycles. The van der Waals surface area contributed by atoms with Crippen LogP contribution >= 0.6 is 0 Å². The normalized spacial score (nSPS) is 15.6. The molecule has 1 heterocycles. The molecule has 3 nitrogen and oxygen atoms in total. The monoisotopic (exact) mass is 372 g/mol. The zero-order chi connectivity index (χ0) is 19.5. The molecule has 0 saturated carbocycles. The second-order valence-electron chi connectivity index (χ2n) is 7.88. The molecule has 0 aliphatic carbocycles. The number of rotatable bonds is 3. The van der Waals surface area contributed by atoms with Gasteiger partial charge in [-0.1, -0.05) is 60.2 Å². The Bertz CT molecular complexity index is 990. The highest BCUT2D eigenvalue weighted by atomic mass is 16.2. The van der Waals surface area contributed by atoms with Gasteiger partial charge in [-0.2, -0.15) is 0 Å². The molecular weight excluding hydrogens is 344 g/mol. The van der Waals surface area contributed by atoms with E-state index in [-0.39, 0.29) is 5.91 Å². The Morgan fingerprint density at radius 3 is 2.57 bits per heavy atom. The summed E-state index contributed by atoms with van der Waals surface area (Å²) >= 11 is 0. The summed E-state index contributed by atoms with van der Waals surface area (Å²) in [6, 6.07) is 20.9. The van der Waals surface area contributed by atoms with Crippen LogP contribution in [0, 0.1) is 13.8 Å². The lowest BCUT2D eigenvalue weighted by Crippen LogP contribution is -2.35. The van der Waals surface area contributed by atoms with E-state index in [1.165, 1.54) is 16.7 Å². The molecule has 1 aliphatic rings. The molecule has 1 fully saturated rings. The fourth-order valence-electron chi connectivity index (χ4n) is 4.18. The first kappa shape index (κ1) is 18.7. The van der Waals surface area contributed by atoms with Gasteiger partial charge in [0.25, 0.3) is 5.91 Å². The Morgan fingerprint density at radius 2 is 1.71 bits per heavy atom. The number of amides is 1. The maximum absolute atomic E-state index is 13.2. The minimum absolute atomic E-state index is 0.158. The lowest BCUT2D eigenvalue weighted by Gasteiger charge is -2.23. The molecule has 0 radical (unpaired) electrons. The number of benzene rings is 3. The molecule has 3 aromatic rings. The summed E-state index contributed by atoms with van der Waals surface area (Å²) in [7, 11) is 0. The van der Waals surface area contributed by atoms with Crippen molar-refractivity contribution in [3.05, 3.63) is 82.9 Å². The van der Waals surface area contributed by atoms with E-state index in [4.69, 9.17) is 0 Å². The van der Waals surface area contributed by atoms with Crippen LogP contribution in [0.1, 0.15) is 33.5 Å². The van der Waals surface area contributed by atoms with Gasteiger partial charge >= 0.3 is 0 Å². The lowest BCUT2D eigenvalue weighted by molar-refractivity contribution is 0.0763. The second-order valence-corrected chi connectivity index (χ2v) is 7.88. The highest BCUT2D eigenvalue weighted by molar-refractivity contribution is 6.07. The molecule has 144 valence electrons. The molecule has 1 saturated heterocycles. The fourth-order valence-corrected chi connectivity index (χ4v) is 4.18. The van der Waals surface area contributed by atoms with E-state index < -0.39 is 0 Å². The van der Waals surface area contributed by atoms with Gasteiger partial charge in [0, 0.05) is 38.3 Å². The van der Waals surface area contributed by atoms with E-state index in [0.29, 0.717) is 0 Å². The Hall–Kier alpha value is -2.65. The summed E-state index contributed by atoms with van der Waals surface area (Å²) in [4.78, 5) is 17.7. The van der Waals surface area contributed by atoms with Gasteiger partial charge < -0.3 is 4.90 Å². The summed E-state index contributed by atoms with van der Waals surface area (Å²) in [6.45, 7) is 8.85. The quantitative estimate of drug-likeness (QED) is 0.659. The summed E-state index contributed by atoms with van der Waals surface area (Å²) in [5.41, 5.74) is 4.87. The van der Waals surface area contributed by atoms with Gasteiger partial charge in [0.05, 0.1) is 0 Å². The standard InChI is InChI=1S/C25H28N2O/c1-19-11-12-22(20(2)17-19)18-26-13-6-14-27(16-15-26)25(28)24-10-5-8-21-7-3-4-9-23(21)24/h3-5,7-12,17H,6,13-16,18H2,1-2H3. The van der Waals surface area contributed by atoms with Gasteiger partial charge in [0.2, 0.25) is 0 Å². The zero-order valence-corrected chi connectivity index (χ0v) is 16.8. The Labute approximate surface area is 167 Å². The molecule has 1 amide bonds. The van der Waals surface area contributed by atoms with Crippen LogP contribution in [0.15, 0.2) is 60.7 Å². The van der Waals surface area contributed by atoms with E-state index >= 15 is 0 Å². The molecule has 0 aromatic heterocycles. The van der Waals surface area contributed by atoms with Crippen molar-refractivity contribution in [3.8, 4) is 0 Å². The Kier molecular flexibility index (Phi) is 5.45. The smallest absolute Gasteiger partial charge is 0.254 e. The maximum Gasteiger partial charge on any atom is 0.254 e. The van der Waals surface area contributed by atoms with Crippen molar-refractivity contribution in [1.29, 1.82) is 0 Å². The molecule has 4 rings (SSSR count). The third-order valence-electron chi connectivity index (χ3n) is 5.79. The second kappa shape index (κ2) is 8.15. The first-order valence-electron chi connectivity index (χ1n) is 10.2. The van der Waals surface area contributed by atoms with Crippen LogP contribution < -0.4 is 0 Å². The molecule has 28 heavy (non-hydrogen) atoms. The van der Waals surface area contributed by atoms with Crippen molar-refractivity contribution >= 4 is 16.7 Å². The van der Waals surface area contributed by atoms with E-state index in [2.05, 4.69) is 49.1 Å². The van der Waals surface area contributed by atoms with Crippen LogP contribution in [0.3, 0.4) is 0 Å². The predicted molar refractivity (Wildman–Crippen MR) is 116 cm³/mol. The number of carbonyl (C=O) groups excluding carboxylic acids is 1. The molecule has 0 bridgehead atoms. The van der Waals surface area contributed by atoms with Gasteiger partial charge in [0.1, 0.15) is 0 Å². The van der Waals surface area contributed by atoms with Crippen molar-refractivity contribution in [2.24, 2.45) is 0 Å². The maximum atomic E-state index is 13.2. The summed E-state index contributed by atoms with van der Waals surface area (Å²) in [5.74, 6) is 0.158. The van der Waals surface area contributed by atoms with Gasteiger partial charge in [-0.05, 0) is 48.2 Å². The molecule has 0 N–H and O–H groups in total. The van der Waals surface area contributed by atoms with Crippen molar-refractivity contribution in [2.45, 2.75) is 26.8 Å². The number of fused-ring (bicyclic) bond motifs is 1. The molecule has 3 heteroatoms. The van der Waals surface area contributed by atoms with Crippen molar-refractivity contribution in [3.63, 3.8) is 0 Å². The number of aryl methyl sites for hydroxylation is 2. The van der Waals surface area contributed by atoms with Gasteiger partial charge in [-0.3, -0.25) is 9.69 Å². The van der Waals surface area contributed by atoms with Crippen LogP contribution in [0.4, 0.5) is 0 Å². The third-order valence-corrected chi connectivity index (χ3v) is 5.79. The van der Waals surface area contributed by atoms with Crippen molar-refractivity contribution in [2.75, 3.05) is 26.2 Å². The first-order chi connectivity index (χ1) is 13.6. The Balaban J connectivity index is 1.47. The van der Waals surface area contributed by atoms with E-state index in [9.17, 15) is 4.79 Å². The highest BCUT2D eigenvalue weighted by Gasteiger charge is 2.21. The fraction of sp³-hybridized carbons (Fsp3) is 0.320. The number of hydrogen-bond acceptors (Lipinski definition) is 2. The molecule has 0 spiro atoms. The first-order valence-corrected chi connectivity index (χ1v) is 10.2. The van der Waals surface area contributed by atoms with Crippen LogP contribution in [0.5, 0.6) is 0 Å². The molecular formula is C25H28N2O.